The third-order valence-electron chi connectivity index (χ3n) is 3.29. The maximum atomic E-state index is 9.95. The third-order valence-corrected chi connectivity index (χ3v) is 3.29. The van der Waals surface area contributed by atoms with Crippen molar-refractivity contribution in [3.63, 3.8) is 0 Å². The SMILES string of the molecule is CCCC(O)C(O)CC(C)c1ccccc1OC. The zero-order chi connectivity index (χ0) is 13.5. The molecule has 1 rings (SSSR count). The van der Waals surface area contributed by atoms with E-state index in [1.54, 1.807) is 7.11 Å². The fourth-order valence-electron chi connectivity index (χ4n) is 2.21. The Labute approximate surface area is 109 Å². The van der Waals surface area contributed by atoms with Crippen LogP contribution in [0.3, 0.4) is 0 Å². The number of ether oxygens (including phenoxy) is 1. The summed E-state index contributed by atoms with van der Waals surface area (Å²) in [4.78, 5) is 0. The number of aliphatic hydroxyl groups is 2. The van der Waals surface area contributed by atoms with Crippen molar-refractivity contribution >= 4 is 0 Å². The lowest BCUT2D eigenvalue weighted by atomic mass is 9.91. The Balaban J connectivity index is 2.67. The standard InChI is InChI=1S/C15H24O3/c1-4-7-13(16)14(17)10-11(2)12-8-5-6-9-15(12)18-3/h5-6,8-9,11,13-14,16-17H,4,7,10H2,1-3H3. The lowest BCUT2D eigenvalue weighted by Gasteiger charge is -2.22. The Morgan fingerprint density at radius 2 is 1.83 bits per heavy atom. The molecule has 0 saturated heterocycles. The summed E-state index contributed by atoms with van der Waals surface area (Å²) < 4.78 is 5.31. The zero-order valence-electron chi connectivity index (χ0n) is 11.5. The van der Waals surface area contributed by atoms with Crippen molar-refractivity contribution in [2.45, 2.75) is 51.2 Å². The summed E-state index contributed by atoms with van der Waals surface area (Å²) in [5.41, 5.74) is 1.07. The molecule has 0 heterocycles. The van der Waals surface area contributed by atoms with Crippen LogP contribution in [0, 0.1) is 0 Å². The first-order valence-corrected chi connectivity index (χ1v) is 6.59. The number of aliphatic hydroxyl groups excluding tert-OH is 2. The molecule has 0 radical (unpaired) electrons. The summed E-state index contributed by atoms with van der Waals surface area (Å²) in [7, 11) is 1.65. The Hall–Kier alpha value is -1.06. The zero-order valence-corrected chi connectivity index (χ0v) is 11.5. The highest BCUT2D eigenvalue weighted by Crippen LogP contribution is 2.30. The number of para-hydroxylation sites is 1. The summed E-state index contributed by atoms with van der Waals surface area (Å²) in [6.07, 6.45) is 0.750. The summed E-state index contributed by atoms with van der Waals surface area (Å²) >= 11 is 0. The highest BCUT2D eigenvalue weighted by atomic mass is 16.5. The fourth-order valence-corrected chi connectivity index (χ4v) is 2.21. The topological polar surface area (TPSA) is 49.7 Å². The van der Waals surface area contributed by atoms with Gasteiger partial charge in [-0.2, -0.15) is 0 Å². The van der Waals surface area contributed by atoms with Crippen molar-refractivity contribution in [3.05, 3.63) is 29.8 Å². The quantitative estimate of drug-likeness (QED) is 0.784. The van der Waals surface area contributed by atoms with Gasteiger partial charge in [0.2, 0.25) is 0 Å². The van der Waals surface area contributed by atoms with Crippen molar-refractivity contribution in [1.82, 2.24) is 0 Å². The maximum absolute atomic E-state index is 9.95. The Bertz CT molecular complexity index is 351. The number of hydrogen-bond acceptors (Lipinski definition) is 3. The van der Waals surface area contributed by atoms with Crippen LogP contribution in [-0.4, -0.2) is 29.5 Å². The van der Waals surface area contributed by atoms with Gasteiger partial charge in [0.15, 0.2) is 0 Å². The molecule has 18 heavy (non-hydrogen) atoms. The van der Waals surface area contributed by atoms with E-state index < -0.39 is 12.2 Å². The molecular weight excluding hydrogens is 228 g/mol. The second-order valence-corrected chi connectivity index (χ2v) is 4.80. The number of methoxy groups -OCH3 is 1. The van der Waals surface area contributed by atoms with E-state index in [-0.39, 0.29) is 5.92 Å². The van der Waals surface area contributed by atoms with Crippen LogP contribution in [0.4, 0.5) is 0 Å². The largest absolute Gasteiger partial charge is 0.496 e. The summed E-state index contributed by atoms with van der Waals surface area (Å²) in [6, 6.07) is 7.81. The van der Waals surface area contributed by atoms with Gasteiger partial charge < -0.3 is 14.9 Å². The van der Waals surface area contributed by atoms with Crippen LogP contribution >= 0.6 is 0 Å². The van der Waals surface area contributed by atoms with Crippen LogP contribution < -0.4 is 4.74 Å². The molecule has 3 heteroatoms. The van der Waals surface area contributed by atoms with Gasteiger partial charge in [-0.1, -0.05) is 38.5 Å². The molecule has 0 spiro atoms. The van der Waals surface area contributed by atoms with Crippen LogP contribution in [0.15, 0.2) is 24.3 Å². The van der Waals surface area contributed by atoms with Crippen LogP contribution in [0.25, 0.3) is 0 Å². The lowest BCUT2D eigenvalue weighted by molar-refractivity contribution is 0.00628. The van der Waals surface area contributed by atoms with Crippen molar-refractivity contribution in [2.75, 3.05) is 7.11 Å². The van der Waals surface area contributed by atoms with Crippen LogP contribution in [-0.2, 0) is 0 Å². The fraction of sp³-hybridized carbons (Fsp3) is 0.600. The maximum Gasteiger partial charge on any atom is 0.122 e. The highest BCUT2D eigenvalue weighted by Gasteiger charge is 2.20. The Morgan fingerprint density at radius 1 is 1.17 bits per heavy atom. The van der Waals surface area contributed by atoms with E-state index in [0.717, 1.165) is 17.7 Å². The van der Waals surface area contributed by atoms with Crippen LogP contribution in [0.5, 0.6) is 5.75 Å². The van der Waals surface area contributed by atoms with E-state index in [9.17, 15) is 10.2 Å². The summed E-state index contributed by atoms with van der Waals surface area (Å²) in [5, 5.41) is 19.7. The molecule has 3 nitrogen and oxygen atoms in total. The van der Waals surface area contributed by atoms with Gasteiger partial charge in [-0.25, -0.2) is 0 Å². The molecule has 3 atom stereocenters. The first kappa shape index (κ1) is 15.0. The van der Waals surface area contributed by atoms with Gasteiger partial charge in [0.25, 0.3) is 0 Å². The van der Waals surface area contributed by atoms with Crippen LogP contribution in [0.1, 0.15) is 44.6 Å². The molecule has 0 fully saturated rings. The minimum absolute atomic E-state index is 0.155. The number of rotatable bonds is 7. The van der Waals surface area contributed by atoms with Gasteiger partial charge in [0, 0.05) is 0 Å². The van der Waals surface area contributed by atoms with Crippen molar-refractivity contribution in [1.29, 1.82) is 0 Å². The molecule has 1 aromatic carbocycles. The molecule has 0 saturated carbocycles. The van der Waals surface area contributed by atoms with E-state index in [1.165, 1.54) is 0 Å². The molecule has 3 unspecified atom stereocenters. The average Bonchev–Trinajstić information content (AvgIpc) is 2.38. The third kappa shape index (κ3) is 4.00. The van der Waals surface area contributed by atoms with Gasteiger partial charge in [-0.05, 0) is 30.4 Å². The second kappa shape index (κ2) is 7.39. The molecule has 0 aliphatic carbocycles. The average molecular weight is 252 g/mol. The Morgan fingerprint density at radius 3 is 2.44 bits per heavy atom. The lowest BCUT2D eigenvalue weighted by Crippen LogP contribution is -2.27. The van der Waals surface area contributed by atoms with Gasteiger partial charge in [0.05, 0.1) is 19.3 Å². The van der Waals surface area contributed by atoms with Crippen LogP contribution in [0.2, 0.25) is 0 Å². The van der Waals surface area contributed by atoms with E-state index in [1.807, 2.05) is 38.1 Å². The van der Waals surface area contributed by atoms with Gasteiger partial charge in [-0.15, -0.1) is 0 Å². The van der Waals surface area contributed by atoms with E-state index >= 15 is 0 Å². The monoisotopic (exact) mass is 252 g/mol. The molecule has 0 amide bonds. The number of benzene rings is 1. The van der Waals surface area contributed by atoms with Gasteiger partial charge in [0.1, 0.15) is 5.75 Å². The molecule has 0 aromatic heterocycles. The summed E-state index contributed by atoms with van der Waals surface area (Å²) in [5.74, 6) is 0.991. The molecule has 2 N–H and O–H groups in total. The van der Waals surface area contributed by atoms with Gasteiger partial charge >= 0.3 is 0 Å². The van der Waals surface area contributed by atoms with Crippen molar-refractivity contribution in [2.24, 2.45) is 0 Å². The molecular formula is C15H24O3. The van der Waals surface area contributed by atoms with E-state index in [4.69, 9.17) is 4.74 Å². The first-order valence-electron chi connectivity index (χ1n) is 6.59. The highest BCUT2D eigenvalue weighted by molar-refractivity contribution is 5.35. The molecule has 102 valence electrons. The minimum atomic E-state index is -0.676. The van der Waals surface area contributed by atoms with Crippen molar-refractivity contribution in [3.8, 4) is 5.75 Å². The smallest absolute Gasteiger partial charge is 0.122 e. The van der Waals surface area contributed by atoms with E-state index in [0.29, 0.717) is 12.8 Å². The van der Waals surface area contributed by atoms with Gasteiger partial charge in [-0.3, -0.25) is 0 Å². The Kier molecular flexibility index (Phi) is 6.16. The molecule has 1 aromatic rings. The molecule has 0 bridgehead atoms. The molecule has 0 aliphatic rings. The number of hydrogen-bond donors (Lipinski definition) is 2. The normalized spacial score (nSPS) is 16.1. The predicted octanol–water partition coefficient (Wildman–Crippen LogP) is 2.71. The molecule has 0 aliphatic heterocycles. The van der Waals surface area contributed by atoms with Crippen molar-refractivity contribution < 1.29 is 14.9 Å². The van der Waals surface area contributed by atoms with E-state index in [2.05, 4.69) is 0 Å². The first-order chi connectivity index (χ1) is 8.60. The second-order valence-electron chi connectivity index (χ2n) is 4.80. The summed E-state index contributed by atoms with van der Waals surface area (Å²) in [6.45, 7) is 4.04. The predicted molar refractivity (Wildman–Crippen MR) is 72.9 cm³/mol. The minimum Gasteiger partial charge on any atom is -0.496 e.